The van der Waals surface area contributed by atoms with Gasteiger partial charge in [0.1, 0.15) is 10.8 Å². The van der Waals surface area contributed by atoms with Gasteiger partial charge < -0.3 is 9.80 Å². The summed E-state index contributed by atoms with van der Waals surface area (Å²) in [4.78, 5) is 28.2. The van der Waals surface area contributed by atoms with E-state index in [0.29, 0.717) is 12.1 Å². The number of amides is 2. The predicted octanol–water partition coefficient (Wildman–Crippen LogP) is 4.81. The normalized spacial score (nSPS) is 25.3. The lowest BCUT2D eigenvalue weighted by atomic mass is 9.76. The molecule has 0 radical (unpaired) electrons. The fourth-order valence-electron chi connectivity index (χ4n) is 6.59. The van der Waals surface area contributed by atoms with Gasteiger partial charge >= 0.3 is 18.0 Å². The third kappa shape index (κ3) is 4.07. The molecule has 2 heterocycles. The molecule has 0 saturated carbocycles. The maximum atomic E-state index is 14.9. The quantitative estimate of drug-likeness (QED) is 0.469. The molecule has 2 aliphatic heterocycles. The van der Waals surface area contributed by atoms with Crippen LogP contribution in [0.25, 0.3) is 0 Å². The molecule has 0 unspecified atom stereocenters. The maximum absolute atomic E-state index is 14.9. The number of nitrogens with zero attached hydrogens (tertiary/aromatic N) is 2. The number of likely N-dealkylation sites (tertiary alicyclic amines) is 2. The molecule has 222 valence electrons. The van der Waals surface area contributed by atoms with Crippen molar-refractivity contribution in [3.05, 3.63) is 65.2 Å². The van der Waals surface area contributed by atoms with Gasteiger partial charge in [-0.15, -0.1) is 0 Å². The smallest absolute Gasteiger partial charge is 0.336 e. The van der Waals surface area contributed by atoms with Gasteiger partial charge in [0.25, 0.3) is 0 Å². The first-order valence-electron chi connectivity index (χ1n) is 12.8. The fourth-order valence-corrected chi connectivity index (χ4v) is 8.98. The van der Waals surface area contributed by atoms with E-state index in [1.54, 1.807) is 6.07 Å². The molecule has 14 heteroatoms. The van der Waals surface area contributed by atoms with Crippen molar-refractivity contribution in [2.75, 3.05) is 13.6 Å². The van der Waals surface area contributed by atoms with Gasteiger partial charge in [-0.3, -0.25) is 9.59 Å². The topological polar surface area (TPSA) is 74.8 Å². The minimum absolute atomic E-state index is 0.0702. The highest BCUT2D eigenvalue weighted by molar-refractivity contribution is 7.92. The molecule has 2 aromatic carbocycles. The van der Waals surface area contributed by atoms with Gasteiger partial charge in [-0.2, -0.15) is 26.3 Å². The minimum Gasteiger partial charge on any atom is -0.336 e. The van der Waals surface area contributed by atoms with E-state index in [4.69, 9.17) is 0 Å². The van der Waals surface area contributed by atoms with E-state index in [1.165, 1.54) is 41.1 Å². The third-order valence-electron chi connectivity index (χ3n) is 8.66. The average Bonchev–Trinajstić information content (AvgIpc) is 3.48. The number of alkyl halides is 7. The predicted molar refractivity (Wildman–Crippen MR) is 131 cm³/mol. The summed E-state index contributed by atoms with van der Waals surface area (Å²) in [5, 5.41) is 0. The van der Waals surface area contributed by atoms with Crippen molar-refractivity contribution in [1.82, 2.24) is 9.80 Å². The van der Waals surface area contributed by atoms with Crippen LogP contribution < -0.4 is 0 Å². The standard InChI is InChI=1S/C27H25F7N2O4S/c1-35-20(10-12-22(35)37)23(38)36-14-13-24(41(39,40)18-5-3-2-4-6-18)19-9-8-17(15-16(19)7-11-21(24)36)25(28,26(29,30)31)27(32,33)34/h2-6,8-9,15,20-21H,7,10-14H2,1H3/t20-,21-,24-/m0/s1. The lowest BCUT2D eigenvalue weighted by Crippen LogP contribution is -2.55. The van der Waals surface area contributed by atoms with Crippen molar-refractivity contribution in [3.63, 3.8) is 0 Å². The number of benzene rings is 2. The van der Waals surface area contributed by atoms with Crippen LogP contribution in [-0.2, 0) is 36.3 Å². The Balaban J connectivity index is 1.68. The summed E-state index contributed by atoms with van der Waals surface area (Å²) in [6, 6.07) is 6.88. The second-order valence-electron chi connectivity index (χ2n) is 10.6. The van der Waals surface area contributed by atoms with E-state index in [9.17, 15) is 48.7 Å². The molecule has 3 atom stereocenters. The molecule has 2 aromatic rings. The van der Waals surface area contributed by atoms with Crippen molar-refractivity contribution in [2.45, 2.75) is 71.9 Å². The lowest BCUT2D eigenvalue weighted by molar-refractivity contribution is -0.348. The molecule has 6 nitrogen and oxygen atoms in total. The summed E-state index contributed by atoms with van der Waals surface area (Å²) in [5.41, 5.74) is -7.61. The fraction of sp³-hybridized carbons (Fsp3) is 0.481. The van der Waals surface area contributed by atoms with Crippen LogP contribution in [0, 0.1) is 0 Å². The Morgan fingerprint density at radius 3 is 2.12 bits per heavy atom. The second kappa shape index (κ2) is 9.43. The summed E-state index contributed by atoms with van der Waals surface area (Å²) >= 11 is 0. The molecule has 2 fully saturated rings. The molecule has 41 heavy (non-hydrogen) atoms. The second-order valence-corrected chi connectivity index (χ2v) is 12.8. The summed E-state index contributed by atoms with van der Waals surface area (Å²) in [6.45, 7) is -0.0760. The van der Waals surface area contributed by atoms with Gasteiger partial charge in [-0.1, -0.05) is 36.4 Å². The number of sulfone groups is 1. The first kappa shape index (κ1) is 29.3. The van der Waals surface area contributed by atoms with E-state index >= 15 is 0 Å². The van der Waals surface area contributed by atoms with Gasteiger partial charge in [-0.05, 0) is 48.9 Å². The highest BCUT2D eigenvalue weighted by Crippen LogP contribution is 2.56. The number of likely N-dealkylation sites (N-methyl/N-ethyl adjacent to an activating group) is 1. The van der Waals surface area contributed by atoms with Crippen LogP contribution in [0.1, 0.15) is 42.4 Å². The van der Waals surface area contributed by atoms with Gasteiger partial charge in [0.05, 0.1) is 10.9 Å². The van der Waals surface area contributed by atoms with E-state index in [0.717, 1.165) is 6.07 Å². The molecule has 5 rings (SSSR count). The van der Waals surface area contributed by atoms with Crippen LogP contribution in [0.3, 0.4) is 0 Å². The van der Waals surface area contributed by atoms with E-state index < -0.39 is 56.2 Å². The van der Waals surface area contributed by atoms with Gasteiger partial charge in [-0.25, -0.2) is 12.8 Å². The first-order chi connectivity index (χ1) is 19.0. The van der Waals surface area contributed by atoms with Gasteiger partial charge in [0.15, 0.2) is 9.84 Å². The van der Waals surface area contributed by atoms with Crippen molar-refractivity contribution in [2.24, 2.45) is 0 Å². The molecular weight excluding hydrogens is 581 g/mol. The molecule has 1 aliphatic carbocycles. The van der Waals surface area contributed by atoms with Gasteiger partial charge in [0, 0.05) is 25.6 Å². The van der Waals surface area contributed by atoms with Crippen molar-refractivity contribution in [3.8, 4) is 0 Å². The third-order valence-corrected chi connectivity index (χ3v) is 11.2. The van der Waals surface area contributed by atoms with Crippen LogP contribution in [0.5, 0.6) is 0 Å². The molecule has 0 bridgehead atoms. The van der Waals surface area contributed by atoms with Crippen LogP contribution in [0.4, 0.5) is 30.7 Å². The number of carbonyl (C=O) groups is 2. The van der Waals surface area contributed by atoms with Crippen LogP contribution in [0.15, 0.2) is 53.4 Å². The molecule has 0 aromatic heterocycles. The summed E-state index contributed by atoms with van der Waals surface area (Å²) < 4.78 is 123. The molecule has 2 saturated heterocycles. The summed E-state index contributed by atoms with van der Waals surface area (Å²) in [7, 11) is -2.94. The first-order valence-corrected chi connectivity index (χ1v) is 14.3. The van der Waals surface area contributed by atoms with Crippen molar-refractivity contribution >= 4 is 21.7 Å². The van der Waals surface area contributed by atoms with Gasteiger partial charge in [0.2, 0.25) is 11.8 Å². The van der Waals surface area contributed by atoms with Crippen LogP contribution in [0.2, 0.25) is 0 Å². The minimum atomic E-state index is -6.33. The Bertz CT molecular complexity index is 1480. The zero-order valence-electron chi connectivity index (χ0n) is 21.6. The molecular formula is C27H25F7N2O4S. The van der Waals surface area contributed by atoms with E-state index in [-0.39, 0.29) is 60.6 Å². The zero-order valence-corrected chi connectivity index (χ0v) is 22.4. The summed E-state index contributed by atoms with van der Waals surface area (Å²) in [6.07, 6.45) is -12.8. The lowest BCUT2D eigenvalue weighted by Gasteiger charge is -2.43. The molecule has 0 N–H and O–H groups in total. The Morgan fingerprint density at radius 1 is 0.927 bits per heavy atom. The Morgan fingerprint density at radius 2 is 1.56 bits per heavy atom. The molecule has 3 aliphatic rings. The van der Waals surface area contributed by atoms with E-state index in [2.05, 4.69) is 0 Å². The SMILES string of the molecule is CN1C(=O)CC[C@H]1C(=O)N1CC[C@]2(S(=O)(=O)c3ccccc3)c3ccc(C(F)(C(F)(F)F)C(F)(F)F)cc3CC[C@H]12. The number of aryl methyl sites for hydroxylation is 1. The van der Waals surface area contributed by atoms with E-state index in [1.807, 2.05) is 0 Å². The van der Waals surface area contributed by atoms with Crippen molar-refractivity contribution < 1.29 is 48.7 Å². The Labute approximate surface area is 231 Å². The van der Waals surface area contributed by atoms with Crippen molar-refractivity contribution in [1.29, 1.82) is 0 Å². The number of rotatable bonds is 4. The highest BCUT2D eigenvalue weighted by atomic mass is 32.2. The summed E-state index contributed by atoms with van der Waals surface area (Å²) in [5.74, 6) is -0.734. The zero-order chi connectivity index (χ0) is 30.2. The number of fused-ring (bicyclic) bond motifs is 3. The monoisotopic (exact) mass is 606 g/mol. The van der Waals surface area contributed by atoms with Crippen LogP contribution >= 0.6 is 0 Å². The van der Waals surface area contributed by atoms with Crippen LogP contribution in [-0.4, -0.2) is 68.1 Å². The molecule has 2 amide bonds. The number of hydrogen-bond donors (Lipinski definition) is 0. The Kier molecular flexibility index (Phi) is 6.75. The average molecular weight is 607 g/mol. The number of halogens is 7. The largest absolute Gasteiger partial charge is 0.435 e. The maximum Gasteiger partial charge on any atom is 0.435 e. The number of hydrogen-bond acceptors (Lipinski definition) is 4. The Hall–Kier alpha value is -3.16. The molecule has 0 spiro atoms. The highest BCUT2D eigenvalue weighted by Gasteiger charge is 2.74. The number of carbonyl (C=O) groups excluding carboxylic acids is 2.